The van der Waals surface area contributed by atoms with Gasteiger partial charge in [-0.25, -0.2) is 4.79 Å². The Morgan fingerprint density at radius 3 is 2.75 bits per heavy atom. The van der Waals surface area contributed by atoms with Crippen molar-refractivity contribution in [1.82, 2.24) is 5.43 Å². The fourth-order valence-electron chi connectivity index (χ4n) is 2.47. The summed E-state index contributed by atoms with van der Waals surface area (Å²) in [5.41, 5.74) is -0.570. The first-order valence-corrected chi connectivity index (χ1v) is 8.54. The molecule has 0 saturated heterocycles. The van der Waals surface area contributed by atoms with Gasteiger partial charge in [0.15, 0.2) is 0 Å². The molecule has 1 heterocycles. The zero-order chi connectivity index (χ0) is 20.9. The number of esters is 1. The van der Waals surface area contributed by atoms with Crippen molar-refractivity contribution in [3.8, 4) is 6.07 Å². The SMILES string of the molecule is CCCCOC(=O)C1=NNC(C)(C(=O)Nc2ccc(C#N)c(C(F)(F)F)c2)C1. The molecular weight excluding hydrogens is 377 g/mol. The van der Waals surface area contributed by atoms with Crippen molar-refractivity contribution < 1.29 is 27.5 Å². The van der Waals surface area contributed by atoms with E-state index in [4.69, 9.17) is 10.00 Å². The molecule has 28 heavy (non-hydrogen) atoms. The molecule has 7 nitrogen and oxygen atoms in total. The van der Waals surface area contributed by atoms with Gasteiger partial charge in [-0.3, -0.25) is 10.2 Å². The number of nitrogens with one attached hydrogen (secondary N) is 2. The number of benzene rings is 1. The first-order valence-electron chi connectivity index (χ1n) is 8.54. The number of hydrogen-bond donors (Lipinski definition) is 2. The Bertz CT molecular complexity index is 845. The van der Waals surface area contributed by atoms with Gasteiger partial charge in [-0.15, -0.1) is 0 Å². The molecule has 2 N–H and O–H groups in total. The number of hydrazone groups is 1. The minimum absolute atomic E-state index is 0.0320. The lowest BCUT2D eigenvalue weighted by atomic mass is 9.95. The number of nitriles is 1. The number of nitrogens with zero attached hydrogens (tertiary/aromatic N) is 2. The van der Waals surface area contributed by atoms with Crippen molar-refractivity contribution in [2.45, 2.75) is 44.8 Å². The highest BCUT2D eigenvalue weighted by atomic mass is 19.4. The van der Waals surface area contributed by atoms with Crippen LogP contribution in [0.1, 0.15) is 44.2 Å². The molecule has 1 aromatic carbocycles. The highest BCUT2D eigenvalue weighted by Gasteiger charge is 2.41. The molecule has 2 rings (SSSR count). The molecule has 0 radical (unpaired) electrons. The maximum Gasteiger partial charge on any atom is 0.417 e. The minimum Gasteiger partial charge on any atom is -0.461 e. The smallest absolute Gasteiger partial charge is 0.417 e. The van der Waals surface area contributed by atoms with Crippen LogP contribution in [0.5, 0.6) is 0 Å². The van der Waals surface area contributed by atoms with Crippen molar-refractivity contribution in [1.29, 1.82) is 5.26 Å². The molecule has 0 spiro atoms. The second-order valence-electron chi connectivity index (χ2n) is 6.49. The van der Waals surface area contributed by atoms with Crippen LogP contribution in [-0.2, 0) is 20.5 Å². The predicted molar refractivity (Wildman–Crippen MR) is 94.2 cm³/mol. The number of alkyl halides is 3. The molecular formula is C18H19F3N4O3. The third-order valence-electron chi connectivity index (χ3n) is 4.13. The summed E-state index contributed by atoms with van der Waals surface area (Å²) < 4.78 is 44.2. The number of carbonyl (C=O) groups excluding carboxylic acids is 2. The van der Waals surface area contributed by atoms with Crippen LogP contribution in [0, 0.1) is 11.3 Å². The van der Waals surface area contributed by atoms with Crippen molar-refractivity contribution in [2.24, 2.45) is 5.10 Å². The van der Waals surface area contributed by atoms with E-state index in [0.717, 1.165) is 12.5 Å². The van der Waals surface area contributed by atoms with E-state index >= 15 is 0 Å². The molecule has 150 valence electrons. The van der Waals surface area contributed by atoms with Gasteiger partial charge in [0.25, 0.3) is 5.91 Å². The quantitative estimate of drug-likeness (QED) is 0.568. The maximum atomic E-state index is 13.1. The van der Waals surface area contributed by atoms with E-state index in [1.165, 1.54) is 19.1 Å². The lowest BCUT2D eigenvalue weighted by molar-refractivity contribution is -0.138. The molecule has 1 amide bonds. The molecule has 0 aromatic heterocycles. The van der Waals surface area contributed by atoms with Crippen LogP contribution in [0.2, 0.25) is 0 Å². The summed E-state index contributed by atoms with van der Waals surface area (Å²) in [6, 6.07) is 4.34. The Morgan fingerprint density at radius 2 is 2.14 bits per heavy atom. The fourth-order valence-corrected chi connectivity index (χ4v) is 2.47. The lowest BCUT2D eigenvalue weighted by Crippen LogP contribution is -2.48. The van der Waals surface area contributed by atoms with E-state index in [2.05, 4.69) is 15.8 Å². The van der Waals surface area contributed by atoms with Crippen LogP contribution in [0.25, 0.3) is 0 Å². The standard InChI is InChI=1S/C18H19F3N4O3/c1-3-4-7-28-15(26)14-9-17(2,25-24-14)16(27)23-12-6-5-11(10-22)13(8-12)18(19,20)21/h5-6,8,25H,3-4,7,9H2,1-2H3,(H,23,27). The van der Waals surface area contributed by atoms with Gasteiger partial charge >= 0.3 is 12.1 Å². The average molecular weight is 396 g/mol. The van der Waals surface area contributed by atoms with Crippen molar-refractivity contribution in [3.63, 3.8) is 0 Å². The molecule has 10 heteroatoms. The Morgan fingerprint density at radius 1 is 1.43 bits per heavy atom. The van der Waals surface area contributed by atoms with Crippen LogP contribution in [0.15, 0.2) is 23.3 Å². The number of hydrogen-bond acceptors (Lipinski definition) is 6. The Kier molecular flexibility index (Phi) is 6.28. The molecule has 1 aromatic rings. The summed E-state index contributed by atoms with van der Waals surface area (Å²) in [6.07, 6.45) is -3.26. The lowest BCUT2D eigenvalue weighted by Gasteiger charge is -2.22. The summed E-state index contributed by atoms with van der Waals surface area (Å²) >= 11 is 0. The molecule has 0 aliphatic carbocycles. The summed E-state index contributed by atoms with van der Waals surface area (Å²) in [5.74, 6) is -1.32. The predicted octanol–water partition coefficient (Wildman–Crippen LogP) is 2.97. The van der Waals surface area contributed by atoms with Crippen LogP contribution >= 0.6 is 0 Å². The van der Waals surface area contributed by atoms with Crippen molar-refractivity contribution in [2.75, 3.05) is 11.9 Å². The Labute approximate surface area is 159 Å². The molecule has 1 unspecified atom stereocenters. The number of rotatable bonds is 6. The zero-order valence-corrected chi connectivity index (χ0v) is 15.3. The molecule has 1 atom stereocenters. The summed E-state index contributed by atoms with van der Waals surface area (Å²) in [5, 5.41) is 15.0. The number of amides is 1. The van der Waals surface area contributed by atoms with E-state index in [1.807, 2.05) is 6.92 Å². The van der Waals surface area contributed by atoms with E-state index in [-0.39, 0.29) is 24.4 Å². The molecule has 0 saturated carbocycles. The third-order valence-corrected chi connectivity index (χ3v) is 4.13. The fraction of sp³-hybridized carbons (Fsp3) is 0.444. The van der Waals surface area contributed by atoms with E-state index in [1.54, 1.807) is 0 Å². The maximum absolute atomic E-state index is 13.1. The first-order chi connectivity index (χ1) is 13.1. The second kappa shape index (κ2) is 8.29. The molecule has 0 bridgehead atoms. The van der Waals surface area contributed by atoms with E-state index in [0.29, 0.717) is 12.5 Å². The van der Waals surface area contributed by atoms with Crippen LogP contribution in [0.3, 0.4) is 0 Å². The number of unbranched alkanes of at least 4 members (excludes halogenated alkanes) is 1. The summed E-state index contributed by atoms with van der Waals surface area (Å²) in [7, 11) is 0. The monoisotopic (exact) mass is 396 g/mol. The van der Waals surface area contributed by atoms with Gasteiger partial charge in [-0.1, -0.05) is 13.3 Å². The normalized spacial score (nSPS) is 18.6. The van der Waals surface area contributed by atoms with Gasteiger partial charge in [0.05, 0.1) is 23.8 Å². The molecule has 1 aliphatic heterocycles. The first kappa shape index (κ1) is 21.2. The zero-order valence-electron chi connectivity index (χ0n) is 15.3. The average Bonchev–Trinajstić information content (AvgIpc) is 3.05. The number of anilines is 1. The Hall–Kier alpha value is -3.09. The van der Waals surface area contributed by atoms with Gasteiger partial charge in [0.1, 0.15) is 11.3 Å². The second-order valence-corrected chi connectivity index (χ2v) is 6.49. The summed E-state index contributed by atoms with van der Waals surface area (Å²) in [4.78, 5) is 24.5. The van der Waals surface area contributed by atoms with Gasteiger partial charge in [0.2, 0.25) is 0 Å². The van der Waals surface area contributed by atoms with Gasteiger partial charge in [-0.2, -0.15) is 23.5 Å². The molecule has 0 fully saturated rings. The largest absolute Gasteiger partial charge is 0.461 e. The topological polar surface area (TPSA) is 104 Å². The van der Waals surface area contributed by atoms with Crippen molar-refractivity contribution in [3.05, 3.63) is 29.3 Å². The van der Waals surface area contributed by atoms with Crippen LogP contribution < -0.4 is 10.7 Å². The number of carbonyl (C=O) groups is 2. The van der Waals surface area contributed by atoms with Crippen molar-refractivity contribution >= 4 is 23.3 Å². The van der Waals surface area contributed by atoms with Crippen LogP contribution in [-0.4, -0.2) is 29.7 Å². The van der Waals surface area contributed by atoms with Gasteiger partial charge in [-0.05, 0) is 31.5 Å². The summed E-state index contributed by atoms with van der Waals surface area (Å²) in [6.45, 7) is 3.65. The number of ether oxygens (including phenoxy) is 1. The van der Waals surface area contributed by atoms with E-state index in [9.17, 15) is 22.8 Å². The third kappa shape index (κ3) is 4.79. The highest BCUT2D eigenvalue weighted by Crippen LogP contribution is 2.34. The Balaban J connectivity index is 2.08. The van der Waals surface area contributed by atoms with E-state index < -0.39 is 34.7 Å². The highest BCUT2D eigenvalue weighted by molar-refractivity contribution is 6.38. The minimum atomic E-state index is -4.74. The van der Waals surface area contributed by atoms with Crippen LogP contribution in [0.4, 0.5) is 18.9 Å². The number of halogens is 3. The van der Waals surface area contributed by atoms with Gasteiger partial charge in [0, 0.05) is 12.1 Å². The molecule has 1 aliphatic rings. The van der Waals surface area contributed by atoms with Gasteiger partial charge < -0.3 is 10.1 Å².